The van der Waals surface area contributed by atoms with Crippen molar-refractivity contribution in [3.8, 4) is 0 Å². The second kappa shape index (κ2) is 6.34. The zero-order chi connectivity index (χ0) is 13.8. The van der Waals surface area contributed by atoms with E-state index < -0.39 is 5.60 Å². The third kappa shape index (κ3) is 3.95. The molecule has 0 N–H and O–H groups in total. The largest absolute Gasteiger partial charge is 0.451 e. The second-order valence-corrected chi connectivity index (χ2v) is 4.86. The maximum atomic E-state index is 12.2. The minimum atomic E-state index is -1.14. The third-order valence-electron chi connectivity index (χ3n) is 2.90. The van der Waals surface area contributed by atoms with Gasteiger partial charge < -0.3 is 4.74 Å². The van der Waals surface area contributed by atoms with Crippen LogP contribution in [0, 0.1) is 12.0 Å². The average Bonchev–Trinajstić information content (AvgIpc) is 2.37. The van der Waals surface area contributed by atoms with Crippen LogP contribution in [0.2, 0.25) is 0 Å². The molecule has 0 saturated heterocycles. The van der Waals surface area contributed by atoms with Gasteiger partial charge in [-0.15, -0.1) is 0 Å². The van der Waals surface area contributed by atoms with E-state index >= 15 is 0 Å². The molecule has 3 nitrogen and oxygen atoms in total. The number of carbonyl (C=O) groups is 2. The molecule has 1 aromatic rings. The van der Waals surface area contributed by atoms with E-state index in [1.807, 2.05) is 6.92 Å². The van der Waals surface area contributed by atoms with Gasteiger partial charge >= 0.3 is 5.97 Å². The molecule has 1 unspecified atom stereocenters. The molecule has 0 saturated carbocycles. The molecule has 0 radical (unpaired) electrons. The zero-order valence-electron chi connectivity index (χ0n) is 11.6. The van der Waals surface area contributed by atoms with Gasteiger partial charge in [0.15, 0.2) is 11.4 Å². The van der Waals surface area contributed by atoms with Gasteiger partial charge in [-0.25, -0.2) is 0 Å². The van der Waals surface area contributed by atoms with Crippen molar-refractivity contribution < 1.29 is 14.3 Å². The van der Waals surface area contributed by atoms with Crippen LogP contribution in [0.15, 0.2) is 24.3 Å². The van der Waals surface area contributed by atoms with Gasteiger partial charge in [-0.3, -0.25) is 9.59 Å². The molecule has 1 rings (SSSR count). The Balaban J connectivity index is 0.00000324. The molecule has 0 aliphatic heterocycles. The number of hydrogen-bond donors (Lipinski definition) is 0. The van der Waals surface area contributed by atoms with Gasteiger partial charge in [-0.1, -0.05) is 19.4 Å². The van der Waals surface area contributed by atoms with E-state index in [1.54, 1.807) is 45.0 Å². The molecule has 0 aromatic heterocycles. The molecule has 0 spiro atoms. The van der Waals surface area contributed by atoms with Gasteiger partial charge in [0.05, 0.1) is 5.92 Å². The predicted molar refractivity (Wildman–Crippen MR) is 69.2 cm³/mol. The van der Waals surface area contributed by atoms with E-state index in [0.717, 1.165) is 0 Å². The summed E-state index contributed by atoms with van der Waals surface area (Å²) in [4.78, 5) is 24.0. The molecule has 0 aliphatic carbocycles. The minimum absolute atomic E-state index is 0. The molecule has 108 valence electrons. The smallest absolute Gasteiger partial charge is 0.309 e. The van der Waals surface area contributed by atoms with Gasteiger partial charge in [0, 0.05) is 0 Å². The quantitative estimate of drug-likeness (QED) is 0.356. The van der Waals surface area contributed by atoms with Crippen molar-refractivity contribution in [2.75, 3.05) is 0 Å². The van der Waals surface area contributed by atoms with Crippen molar-refractivity contribution in [1.82, 2.24) is 0 Å². The van der Waals surface area contributed by atoms with Crippen LogP contribution in [-0.4, -0.2) is 17.4 Å². The molecule has 0 heterocycles. The van der Waals surface area contributed by atoms with Crippen LogP contribution in [0.3, 0.4) is 0 Å². The summed E-state index contributed by atoms with van der Waals surface area (Å²) in [5, 5.41) is 0. The summed E-state index contributed by atoms with van der Waals surface area (Å²) >= 11 is 0. The van der Waals surface area contributed by atoms with E-state index in [0.29, 0.717) is 12.0 Å². The van der Waals surface area contributed by atoms with Crippen LogP contribution < -0.4 is 0 Å². The Hall–Kier alpha value is -2.64. The molecular weight excluding hydrogens is 479 g/mol. The van der Waals surface area contributed by atoms with Crippen LogP contribution in [-0.2, 0) is 9.53 Å². The van der Waals surface area contributed by atoms with Crippen molar-refractivity contribution in [3.05, 3.63) is 35.9 Å². The zero-order valence-corrected chi connectivity index (χ0v) is 14.3. The van der Waals surface area contributed by atoms with E-state index in [-0.39, 0.29) is 17.7 Å². The molecule has 1 aromatic carbocycles. The summed E-state index contributed by atoms with van der Waals surface area (Å²) in [5.41, 5.74) is -0.613. The molecule has 19 heavy (non-hydrogen) atoms. The number of ketones is 1. The van der Waals surface area contributed by atoms with Crippen LogP contribution in [0.25, 0.3) is 0 Å². The minimum Gasteiger partial charge on any atom is -0.451 e. The Morgan fingerprint density at radius 2 is 1.84 bits per heavy atom. The number of benzene rings is 1. The first kappa shape index (κ1) is 16.4. The Morgan fingerprint density at radius 1 is 1.32 bits per heavy atom. The maximum absolute atomic E-state index is 12.2. The van der Waals surface area contributed by atoms with Gasteiger partial charge in [0.2, 0.25) is 0 Å². The average molecular weight is 498 g/mol. The first-order valence-corrected chi connectivity index (χ1v) is 6.12. The monoisotopic (exact) mass is 496 g/mol. The number of rotatable bonds is 5. The Bertz CT molecular complexity index is 426. The van der Waals surface area contributed by atoms with Crippen molar-refractivity contribution in [2.24, 2.45) is 5.92 Å². The SMILES string of the molecule is CCC(C)C(=O)OC(C)(C)C(=O)c1cc[c-]cc1.[Cf]. The fourth-order valence-corrected chi connectivity index (χ4v) is 1.45. The summed E-state index contributed by atoms with van der Waals surface area (Å²) in [6.07, 6.45) is 0.698. The summed E-state index contributed by atoms with van der Waals surface area (Å²) in [6.45, 7) is 6.94. The Labute approximate surface area is 108 Å². The number of ether oxygens (including phenoxy) is 1. The van der Waals surface area contributed by atoms with Crippen molar-refractivity contribution in [1.29, 1.82) is 0 Å². The number of esters is 1. The van der Waals surface area contributed by atoms with E-state index in [9.17, 15) is 9.59 Å². The van der Waals surface area contributed by atoms with Crippen molar-refractivity contribution in [3.63, 3.8) is 0 Å². The van der Waals surface area contributed by atoms with Gasteiger partial charge in [0.1, 0.15) is 0 Å². The molecule has 1 atom stereocenters. The van der Waals surface area contributed by atoms with Crippen LogP contribution in [0.1, 0.15) is 44.5 Å². The first-order chi connectivity index (χ1) is 8.38. The van der Waals surface area contributed by atoms with Crippen molar-refractivity contribution >= 4 is 11.8 Å². The number of carbonyl (C=O) groups excluding carboxylic acids is 2. The van der Waals surface area contributed by atoms with Gasteiger partial charge in [-0.05, 0) is 20.3 Å². The molecule has 0 fully saturated rings. The maximum Gasteiger partial charge on any atom is 0.309 e. The van der Waals surface area contributed by atoms with Crippen molar-refractivity contribution in [2.45, 2.75) is 39.7 Å². The standard InChI is InChI=1S/C15H19O3.Cf/c1-5-11(2)14(17)18-15(3,4)13(16)12-9-7-6-8-10-12;/h7-11H,5H2,1-4H3;/q-1;. The van der Waals surface area contributed by atoms with E-state index in [4.69, 9.17) is 4.74 Å². The molecular formula is C15H19CfO3-. The van der Waals surface area contributed by atoms with E-state index in [1.165, 1.54) is 0 Å². The fourth-order valence-electron chi connectivity index (χ4n) is 1.45. The van der Waals surface area contributed by atoms with Gasteiger partial charge in [-0.2, -0.15) is 30.3 Å². The summed E-state index contributed by atoms with van der Waals surface area (Å²) in [5.74, 6) is -0.729. The number of Topliss-reactive ketones (excluding diaryl/α,β-unsaturated/α-hetero) is 1. The van der Waals surface area contributed by atoms with Gasteiger partial charge in [0.25, 0.3) is 0 Å². The van der Waals surface area contributed by atoms with E-state index in [2.05, 4.69) is 6.07 Å². The summed E-state index contributed by atoms with van der Waals surface area (Å²) in [6, 6.07) is 9.52. The molecule has 4 heteroatoms. The van der Waals surface area contributed by atoms with Crippen LogP contribution in [0.5, 0.6) is 0 Å². The summed E-state index contributed by atoms with van der Waals surface area (Å²) in [7, 11) is 0. The van der Waals surface area contributed by atoms with Crippen LogP contribution >= 0.6 is 0 Å². The molecule has 0 amide bonds. The molecule has 0 aliphatic rings. The molecule has 0 bridgehead atoms. The predicted octanol–water partition coefficient (Wildman–Crippen LogP) is 3.04. The Kier molecular flexibility index (Phi) is 5.45. The number of hydrogen-bond acceptors (Lipinski definition) is 3. The topological polar surface area (TPSA) is 43.4 Å². The van der Waals surface area contributed by atoms with Crippen LogP contribution in [0.4, 0.5) is 0 Å². The summed E-state index contributed by atoms with van der Waals surface area (Å²) < 4.78 is 5.31. The Morgan fingerprint density at radius 3 is 2.32 bits per heavy atom. The normalized spacial score (nSPS) is 12.2. The fraction of sp³-hybridized carbons (Fsp3) is 0.467. The second-order valence-electron chi connectivity index (χ2n) is 4.86. The first-order valence-electron chi connectivity index (χ1n) is 6.12. The third-order valence-corrected chi connectivity index (χ3v) is 2.90.